The van der Waals surface area contributed by atoms with Crippen LogP contribution in [0.4, 0.5) is 11.5 Å². The Hall–Kier alpha value is -3.42. The molecule has 0 spiro atoms. The molecule has 5 N–H and O–H groups in total. The molecule has 0 unspecified atom stereocenters. The lowest BCUT2D eigenvalue weighted by molar-refractivity contribution is 0.100. The monoisotopic (exact) mass is 367 g/mol. The Kier molecular flexibility index (Phi) is 3.66. The van der Waals surface area contributed by atoms with Crippen molar-refractivity contribution in [3.63, 3.8) is 0 Å². The van der Waals surface area contributed by atoms with Crippen LogP contribution in [0.1, 0.15) is 21.5 Å². The number of aromatic hydroxyl groups is 1. The van der Waals surface area contributed by atoms with Crippen LogP contribution in [0.25, 0.3) is 16.7 Å². The summed E-state index contributed by atoms with van der Waals surface area (Å²) in [7, 11) is 1.93. The van der Waals surface area contributed by atoms with Crippen LogP contribution in [0.15, 0.2) is 18.2 Å². The van der Waals surface area contributed by atoms with E-state index in [1.165, 1.54) is 0 Å². The van der Waals surface area contributed by atoms with Crippen molar-refractivity contribution in [2.75, 3.05) is 30.8 Å². The van der Waals surface area contributed by atoms with Crippen LogP contribution in [0, 0.1) is 13.8 Å². The smallest absolute Gasteiger partial charge is 0.253 e. The number of amides is 1. The third-order valence-corrected chi connectivity index (χ3v) is 5.08. The third-order valence-electron chi connectivity index (χ3n) is 5.08. The molecule has 0 saturated heterocycles. The van der Waals surface area contributed by atoms with Gasteiger partial charge in [-0.15, -0.1) is 0 Å². The lowest BCUT2D eigenvalue weighted by Gasteiger charge is -2.26. The Morgan fingerprint density at radius 2 is 2.07 bits per heavy atom. The summed E-state index contributed by atoms with van der Waals surface area (Å²) in [5.74, 6) is 0.160. The molecular formula is C19H21N5O3. The van der Waals surface area contributed by atoms with Crippen LogP contribution < -0.4 is 21.1 Å². The number of anilines is 2. The van der Waals surface area contributed by atoms with E-state index in [-0.39, 0.29) is 17.1 Å². The Labute approximate surface area is 156 Å². The molecule has 1 aliphatic heterocycles. The summed E-state index contributed by atoms with van der Waals surface area (Å²) < 4.78 is 7.38. The van der Waals surface area contributed by atoms with E-state index in [1.807, 2.05) is 24.9 Å². The summed E-state index contributed by atoms with van der Waals surface area (Å²) in [6, 6.07) is 5.24. The molecule has 27 heavy (non-hydrogen) atoms. The first-order valence-corrected chi connectivity index (χ1v) is 8.59. The van der Waals surface area contributed by atoms with E-state index in [9.17, 15) is 9.90 Å². The summed E-state index contributed by atoms with van der Waals surface area (Å²) in [6.07, 6.45) is 0. The topological polar surface area (TPSA) is 120 Å². The van der Waals surface area contributed by atoms with Gasteiger partial charge in [-0.2, -0.15) is 4.98 Å². The molecular weight excluding hydrogens is 346 g/mol. The van der Waals surface area contributed by atoms with E-state index < -0.39 is 5.91 Å². The molecule has 8 heteroatoms. The number of primary amides is 1. The number of nitrogens with zero attached hydrogens (tertiary/aromatic N) is 3. The van der Waals surface area contributed by atoms with Gasteiger partial charge in [0.2, 0.25) is 5.88 Å². The normalized spacial score (nSPS) is 13.5. The molecule has 2 aromatic heterocycles. The molecule has 0 aliphatic carbocycles. The van der Waals surface area contributed by atoms with Crippen molar-refractivity contribution < 1.29 is 14.6 Å². The number of benzene rings is 1. The molecule has 3 aromatic rings. The van der Waals surface area contributed by atoms with Gasteiger partial charge in [-0.05, 0) is 31.5 Å². The van der Waals surface area contributed by atoms with Crippen molar-refractivity contribution in [1.29, 1.82) is 0 Å². The largest absolute Gasteiger partial charge is 0.508 e. The van der Waals surface area contributed by atoms with Crippen LogP contribution in [0.5, 0.6) is 11.6 Å². The van der Waals surface area contributed by atoms with E-state index in [4.69, 9.17) is 16.2 Å². The van der Waals surface area contributed by atoms with Gasteiger partial charge in [-0.3, -0.25) is 9.36 Å². The average molecular weight is 367 g/mol. The van der Waals surface area contributed by atoms with Crippen molar-refractivity contribution in [2.45, 2.75) is 13.8 Å². The van der Waals surface area contributed by atoms with Gasteiger partial charge in [0.25, 0.3) is 5.91 Å². The van der Waals surface area contributed by atoms with Crippen molar-refractivity contribution >= 4 is 28.4 Å². The molecule has 1 amide bonds. The van der Waals surface area contributed by atoms with E-state index in [2.05, 4.69) is 4.98 Å². The van der Waals surface area contributed by atoms with Crippen LogP contribution >= 0.6 is 0 Å². The maximum absolute atomic E-state index is 12.2. The number of phenols is 1. The maximum Gasteiger partial charge on any atom is 0.253 e. The number of nitrogens with two attached hydrogens (primary N) is 2. The molecule has 0 fully saturated rings. The number of likely N-dealkylation sites (N-methyl/N-ethyl adjacent to an activating group) is 1. The predicted molar refractivity (Wildman–Crippen MR) is 104 cm³/mol. The highest BCUT2D eigenvalue weighted by Gasteiger charge is 2.27. The second-order valence-corrected chi connectivity index (χ2v) is 6.79. The summed E-state index contributed by atoms with van der Waals surface area (Å²) >= 11 is 0. The quantitative estimate of drug-likeness (QED) is 0.636. The number of rotatable bonds is 2. The number of nitrogen functional groups attached to an aromatic ring is 1. The van der Waals surface area contributed by atoms with Gasteiger partial charge in [0.1, 0.15) is 23.9 Å². The van der Waals surface area contributed by atoms with Gasteiger partial charge < -0.3 is 26.2 Å². The van der Waals surface area contributed by atoms with Crippen LogP contribution in [0.2, 0.25) is 0 Å². The first-order chi connectivity index (χ1) is 12.8. The van der Waals surface area contributed by atoms with Gasteiger partial charge in [0.05, 0.1) is 17.8 Å². The van der Waals surface area contributed by atoms with Crippen LogP contribution in [-0.4, -0.2) is 40.8 Å². The second-order valence-electron chi connectivity index (χ2n) is 6.79. The molecule has 0 saturated carbocycles. The molecule has 0 atom stereocenters. The van der Waals surface area contributed by atoms with Crippen LogP contribution in [0.3, 0.4) is 0 Å². The molecule has 4 rings (SSSR count). The Morgan fingerprint density at radius 3 is 2.78 bits per heavy atom. The lowest BCUT2D eigenvalue weighted by Crippen LogP contribution is -2.29. The van der Waals surface area contributed by atoms with E-state index in [0.29, 0.717) is 41.3 Å². The average Bonchev–Trinajstić information content (AvgIpc) is 2.89. The predicted octanol–water partition coefficient (Wildman–Crippen LogP) is 1.86. The molecule has 1 aliphatic rings. The number of aryl methyl sites for hydroxylation is 1. The van der Waals surface area contributed by atoms with Crippen LogP contribution in [-0.2, 0) is 0 Å². The number of phenolic OH excluding ortho intramolecular Hbond substituents is 1. The maximum atomic E-state index is 12.2. The highest BCUT2D eigenvalue weighted by Crippen LogP contribution is 2.40. The molecule has 0 radical (unpaired) electrons. The fourth-order valence-corrected chi connectivity index (χ4v) is 3.63. The van der Waals surface area contributed by atoms with Crippen molar-refractivity contribution in [1.82, 2.24) is 9.55 Å². The first kappa shape index (κ1) is 17.0. The molecule has 0 bridgehead atoms. The van der Waals surface area contributed by atoms with E-state index in [1.54, 1.807) is 23.6 Å². The highest BCUT2D eigenvalue weighted by molar-refractivity contribution is 6.11. The highest BCUT2D eigenvalue weighted by atomic mass is 16.5. The molecule has 8 nitrogen and oxygen atoms in total. The minimum Gasteiger partial charge on any atom is -0.508 e. The number of ether oxygens (including phenoxy) is 1. The van der Waals surface area contributed by atoms with Gasteiger partial charge in [0, 0.05) is 18.0 Å². The Bertz CT molecular complexity index is 1100. The van der Waals surface area contributed by atoms with Crippen molar-refractivity contribution in [2.24, 2.45) is 5.73 Å². The Morgan fingerprint density at radius 1 is 1.33 bits per heavy atom. The fraction of sp³-hybridized carbons (Fsp3) is 0.263. The summed E-state index contributed by atoms with van der Waals surface area (Å²) in [5.41, 5.74) is 15.6. The first-order valence-electron chi connectivity index (χ1n) is 8.59. The number of fused-ring (bicyclic) bond motifs is 2. The van der Waals surface area contributed by atoms with Gasteiger partial charge in [0.15, 0.2) is 5.65 Å². The van der Waals surface area contributed by atoms with Gasteiger partial charge >= 0.3 is 0 Å². The molecule has 140 valence electrons. The lowest BCUT2D eigenvalue weighted by atomic mass is 10.1. The number of hydrogen-bond acceptors (Lipinski definition) is 6. The minimum atomic E-state index is -0.632. The number of aromatic nitrogens is 2. The minimum absolute atomic E-state index is 0.131. The van der Waals surface area contributed by atoms with Gasteiger partial charge in [-0.25, -0.2) is 0 Å². The van der Waals surface area contributed by atoms with Gasteiger partial charge in [-0.1, -0.05) is 6.07 Å². The molecule has 3 heterocycles. The third kappa shape index (κ3) is 2.37. The fourth-order valence-electron chi connectivity index (χ4n) is 3.63. The zero-order valence-corrected chi connectivity index (χ0v) is 15.4. The number of carbonyl (C=O) groups excluding carboxylic acids is 1. The second kappa shape index (κ2) is 5.80. The van der Waals surface area contributed by atoms with Crippen molar-refractivity contribution in [3.05, 3.63) is 34.9 Å². The number of hydrogen-bond donors (Lipinski definition) is 3. The summed E-state index contributed by atoms with van der Waals surface area (Å²) in [5, 5.41) is 10.7. The molecule has 1 aromatic carbocycles. The SMILES string of the molecule is Cc1ccc(O)c(C)c1-n1c(N)c(C(N)=O)c2cc3c(nc21)OCCN3C. The van der Waals surface area contributed by atoms with E-state index in [0.717, 1.165) is 11.3 Å². The number of pyridine rings is 1. The summed E-state index contributed by atoms with van der Waals surface area (Å²) in [4.78, 5) is 18.8. The zero-order chi connectivity index (χ0) is 19.5. The number of carbonyl (C=O) groups is 1. The van der Waals surface area contributed by atoms with Crippen molar-refractivity contribution in [3.8, 4) is 17.3 Å². The van der Waals surface area contributed by atoms with E-state index >= 15 is 0 Å². The summed E-state index contributed by atoms with van der Waals surface area (Å²) in [6.45, 7) is 4.92. The zero-order valence-electron chi connectivity index (χ0n) is 15.4. The Balaban J connectivity index is 2.15. The standard InChI is InChI=1S/C19H21N5O3/c1-9-4-5-13(25)10(2)15(9)24-16(20)14(17(21)26)11-8-12-19(22-18(11)24)27-7-6-23(12)3/h4-5,8,25H,6-7,20H2,1-3H3,(H2,21,26).